The Kier molecular flexibility index (Phi) is 7.29. The van der Waals surface area contributed by atoms with Gasteiger partial charge in [-0.1, -0.05) is 12.1 Å². The molecule has 0 aliphatic carbocycles. The van der Waals surface area contributed by atoms with Gasteiger partial charge in [-0.2, -0.15) is 4.98 Å². The minimum absolute atomic E-state index is 0.433. The van der Waals surface area contributed by atoms with Crippen molar-refractivity contribution in [1.29, 1.82) is 5.41 Å². The highest BCUT2D eigenvalue weighted by atomic mass is 15.2. The highest BCUT2D eigenvalue weighted by Gasteiger charge is 2.06. The fourth-order valence-corrected chi connectivity index (χ4v) is 2.94. The molecule has 0 bridgehead atoms. The summed E-state index contributed by atoms with van der Waals surface area (Å²) in [5.41, 5.74) is 4.62. The lowest BCUT2D eigenvalue weighted by molar-refractivity contribution is 0.405. The van der Waals surface area contributed by atoms with Gasteiger partial charge in [0.15, 0.2) is 0 Å². The van der Waals surface area contributed by atoms with Crippen LogP contribution in [0.1, 0.15) is 17.5 Å². The molecule has 0 unspecified atom stereocenters. The van der Waals surface area contributed by atoms with Gasteiger partial charge >= 0.3 is 0 Å². The predicted octanol–water partition coefficient (Wildman–Crippen LogP) is 4.03. The molecule has 1 heterocycles. The summed E-state index contributed by atoms with van der Waals surface area (Å²) in [7, 11) is 4.12. The molecule has 0 aliphatic heterocycles. The molecule has 3 aromatic rings. The molecule has 8 heteroatoms. The number of benzene rings is 2. The minimum atomic E-state index is 0.433. The quantitative estimate of drug-likeness (QED) is 0.299. The van der Waals surface area contributed by atoms with Gasteiger partial charge < -0.3 is 26.3 Å². The lowest BCUT2D eigenvalue weighted by Crippen LogP contribution is -2.16. The van der Waals surface area contributed by atoms with Crippen LogP contribution in [0.5, 0.6) is 0 Å². The Balaban J connectivity index is 1.66. The molecule has 8 nitrogen and oxygen atoms in total. The molecule has 0 saturated carbocycles. The van der Waals surface area contributed by atoms with E-state index < -0.39 is 0 Å². The summed E-state index contributed by atoms with van der Waals surface area (Å²) in [6.45, 7) is 3.91. The zero-order valence-corrected chi connectivity index (χ0v) is 17.6. The fraction of sp³-hybridized carbons (Fsp3) is 0.273. The molecule has 0 atom stereocenters. The molecule has 156 valence electrons. The smallest absolute Gasteiger partial charge is 0.232 e. The van der Waals surface area contributed by atoms with Gasteiger partial charge in [-0.15, -0.1) is 0 Å². The van der Waals surface area contributed by atoms with Gasteiger partial charge in [-0.05, 0) is 69.9 Å². The van der Waals surface area contributed by atoms with E-state index in [1.165, 1.54) is 12.5 Å². The van der Waals surface area contributed by atoms with Gasteiger partial charge in [0.1, 0.15) is 6.33 Å². The van der Waals surface area contributed by atoms with E-state index in [9.17, 15) is 0 Å². The first-order valence-corrected chi connectivity index (χ1v) is 9.86. The van der Waals surface area contributed by atoms with E-state index in [0.29, 0.717) is 11.9 Å². The number of aryl methyl sites for hydroxylation is 1. The zero-order chi connectivity index (χ0) is 21.3. The van der Waals surface area contributed by atoms with Crippen LogP contribution in [0.2, 0.25) is 0 Å². The zero-order valence-electron chi connectivity index (χ0n) is 17.6. The van der Waals surface area contributed by atoms with Gasteiger partial charge in [0.05, 0.1) is 0 Å². The van der Waals surface area contributed by atoms with Crippen LogP contribution < -0.4 is 16.0 Å². The van der Waals surface area contributed by atoms with Crippen LogP contribution in [-0.2, 0) is 0 Å². The maximum absolute atomic E-state index is 7.73. The normalized spacial score (nSPS) is 10.7. The van der Waals surface area contributed by atoms with Crippen LogP contribution in [0, 0.1) is 12.3 Å². The maximum atomic E-state index is 7.73. The molecule has 3 rings (SSSR count). The van der Waals surface area contributed by atoms with Crippen LogP contribution in [-0.4, -0.2) is 53.3 Å². The topological polar surface area (TPSA) is 102 Å². The molecule has 0 fully saturated rings. The van der Waals surface area contributed by atoms with Gasteiger partial charge in [0.2, 0.25) is 11.9 Å². The summed E-state index contributed by atoms with van der Waals surface area (Å²) in [5.74, 6) is 0.896. The standard InChI is InChI=1S/C22H28N8/c1-16-6-4-7-18(12-16)27-21-25-15-26-22(29-21)28-19-8-9-20(17(13-19)14-23)24-10-5-11-30(2)3/h4,6-9,12-15,23-24H,5,10-11H2,1-3H3,(H2,25,26,27,28,29). The van der Waals surface area contributed by atoms with Crippen LogP contribution in [0.15, 0.2) is 48.8 Å². The molecule has 4 N–H and O–H groups in total. The third kappa shape index (κ3) is 6.25. The Bertz CT molecular complexity index is 986. The molecule has 0 radical (unpaired) electrons. The van der Waals surface area contributed by atoms with Crippen molar-refractivity contribution in [3.63, 3.8) is 0 Å². The Morgan fingerprint density at radius 1 is 1.00 bits per heavy atom. The SMILES string of the molecule is Cc1cccc(Nc2ncnc(Nc3ccc(NCCCN(C)C)c(C=N)c3)n2)c1. The first-order chi connectivity index (χ1) is 14.5. The van der Waals surface area contributed by atoms with Gasteiger partial charge in [-0.25, -0.2) is 9.97 Å². The van der Waals surface area contributed by atoms with E-state index in [2.05, 4.69) is 49.9 Å². The molecule has 2 aromatic carbocycles. The second-order valence-corrected chi connectivity index (χ2v) is 7.28. The highest BCUT2D eigenvalue weighted by Crippen LogP contribution is 2.22. The first kappa shape index (κ1) is 21.2. The maximum Gasteiger partial charge on any atom is 0.232 e. The number of hydrogen-bond acceptors (Lipinski definition) is 8. The number of hydrogen-bond donors (Lipinski definition) is 4. The Hall–Kier alpha value is -3.52. The van der Waals surface area contributed by atoms with Crippen molar-refractivity contribution in [2.45, 2.75) is 13.3 Å². The van der Waals surface area contributed by atoms with Crippen molar-refractivity contribution in [2.24, 2.45) is 0 Å². The molecular formula is C22H28N8. The molecular weight excluding hydrogens is 376 g/mol. The third-order valence-corrected chi connectivity index (χ3v) is 4.41. The number of nitrogens with one attached hydrogen (secondary N) is 4. The van der Waals surface area contributed by atoms with E-state index in [-0.39, 0.29) is 0 Å². The Morgan fingerprint density at radius 2 is 1.73 bits per heavy atom. The van der Waals surface area contributed by atoms with Crippen LogP contribution in [0.4, 0.5) is 29.0 Å². The molecule has 1 aromatic heterocycles. The van der Waals surface area contributed by atoms with Crippen LogP contribution in [0.25, 0.3) is 0 Å². The largest absolute Gasteiger partial charge is 0.384 e. The second kappa shape index (κ2) is 10.3. The Labute approximate surface area is 177 Å². The van der Waals surface area contributed by atoms with Gasteiger partial charge in [0.25, 0.3) is 0 Å². The average Bonchev–Trinajstić information content (AvgIpc) is 2.72. The van der Waals surface area contributed by atoms with Crippen LogP contribution in [0.3, 0.4) is 0 Å². The van der Waals surface area contributed by atoms with E-state index in [1.807, 2.05) is 49.4 Å². The monoisotopic (exact) mass is 404 g/mol. The lowest BCUT2D eigenvalue weighted by atomic mass is 10.1. The van der Waals surface area contributed by atoms with E-state index in [0.717, 1.165) is 47.7 Å². The fourth-order valence-electron chi connectivity index (χ4n) is 2.94. The van der Waals surface area contributed by atoms with Crippen molar-refractivity contribution < 1.29 is 0 Å². The lowest BCUT2D eigenvalue weighted by Gasteiger charge is -2.13. The molecule has 0 saturated heterocycles. The third-order valence-electron chi connectivity index (χ3n) is 4.41. The Morgan fingerprint density at radius 3 is 2.40 bits per heavy atom. The molecule has 0 amide bonds. The minimum Gasteiger partial charge on any atom is -0.384 e. The average molecular weight is 405 g/mol. The van der Waals surface area contributed by atoms with Crippen molar-refractivity contribution in [3.05, 3.63) is 59.9 Å². The van der Waals surface area contributed by atoms with Crippen molar-refractivity contribution in [1.82, 2.24) is 19.9 Å². The number of rotatable bonds is 10. The van der Waals surface area contributed by atoms with Crippen molar-refractivity contribution in [2.75, 3.05) is 43.1 Å². The molecule has 0 spiro atoms. The van der Waals surface area contributed by atoms with Gasteiger partial charge in [0, 0.05) is 35.4 Å². The number of anilines is 5. The summed E-state index contributed by atoms with van der Waals surface area (Å²) in [4.78, 5) is 15.0. The highest BCUT2D eigenvalue weighted by molar-refractivity contribution is 5.88. The van der Waals surface area contributed by atoms with Crippen LogP contribution >= 0.6 is 0 Å². The summed E-state index contributed by atoms with van der Waals surface area (Å²) in [5, 5.41) is 17.5. The number of nitrogens with zero attached hydrogens (tertiary/aromatic N) is 4. The molecule has 30 heavy (non-hydrogen) atoms. The van der Waals surface area contributed by atoms with E-state index in [4.69, 9.17) is 5.41 Å². The summed E-state index contributed by atoms with van der Waals surface area (Å²) in [6.07, 6.45) is 3.84. The number of aromatic nitrogens is 3. The predicted molar refractivity (Wildman–Crippen MR) is 124 cm³/mol. The van der Waals surface area contributed by atoms with E-state index in [1.54, 1.807) is 0 Å². The first-order valence-electron chi connectivity index (χ1n) is 9.86. The summed E-state index contributed by atoms with van der Waals surface area (Å²) in [6, 6.07) is 13.8. The van der Waals surface area contributed by atoms with Crippen molar-refractivity contribution >= 4 is 35.2 Å². The summed E-state index contributed by atoms with van der Waals surface area (Å²) >= 11 is 0. The van der Waals surface area contributed by atoms with Crippen molar-refractivity contribution in [3.8, 4) is 0 Å². The van der Waals surface area contributed by atoms with Gasteiger partial charge in [-0.3, -0.25) is 0 Å². The van der Waals surface area contributed by atoms with E-state index >= 15 is 0 Å². The molecule has 0 aliphatic rings. The summed E-state index contributed by atoms with van der Waals surface area (Å²) < 4.78 is 0. The second-order valence-electron chi connectivity index (χ2n) is 7.28.